The largest absolute Gasteiger partial charge is 0.345 e. The highest BCUT2D eigenvalue weighted by molar-refractivity contribution is 8.14. The van der Waals surface area contributed by atoms with Gasteiger partial charge < -0.3 is 9.88 Å². The van der Waals surface area contributed by atoms with Gasteiger partial charge in [0.2, 0.25) is 0 Å². The lowest BCUT2D eigenvalue weighted by atomic mass is 9.91. The van der Waals surface area contributed by atoms with E-state index in [2.05, 4.69) is 33.7 Å². The minimum Gasteiger partial charge on any atom is -0.345 e. The van der Waals surface area contributed by atoms with E-state index in [1.165, 1.54) is 32.1 Å². The van der Waals surface area contributed by atoms with Gasteiger partial charge in [-0.25, -0.2) is 4.98 Å². The summed E-state index contributed by atoms with van der Waals surface area (Å²) in [6, 6.07) is 4.27. The molecule has 0 radical (unpaired) electrons. The van der Waals surface area contributed by atoms with Gasteiger partial charge in [0.1, 0.15) is 5.65 Å². The van der Waals surface area contributed by atoms with Crippen LogP contribution in [-0.4, -0.2) is 43.3 Å². The maximum absolute atomic E-state index is 12.8. The molecule has 2 aromatic rings. The molecule has 1 amide bonds. The van der Waals surface area contributed by atoms with Crippen molar-refractivity contribution in [1.82, 2.24) is 14.9 Å². The number of aromatic amines is 1. The Morgan fingerprint density at radius 2 is 2.16 bits per heavy atom. The first-order chi connectivity index (χ1) is 12.1. The smallest absolute Gasteiger partial charge is 0.281 e. The van der Waals surface area contributed by atoms with Gasteiger partial charge in [-0.15, -0.1) is 0 Å². The van der Waals surface area contributed by atoms with Crippen molar-refractivity contribution in [3.05, 3.63) is 30.1 Å². The number of hydrogen-bond acceptors (Lipinski definition) is 3. The fourth-order valence-electron chi connectivity index (χ4n) is 3.99. The molecule has 3 heterocycles. The number of rotatable bonds is 2. The van der Waals surface area contributed by atoms with Crippen molar-refractivity contribution in [2.75, 3.05) is 5.75 Å². The molecule has 0 aromatic carbocycles. The Morgan fingerprint density at radius 1 is 1.36 bits per heavy atom. The summed E-state index contributed by atoms with van der Waals surface area (Å²) in [5.41, 5.74) is 1.38. The number of amidine groups is 1. The van der Waals surface area contributed by atoms with E-state index >= 15 is 0 Å². The summed E-state index contributed by atoms with van der Waals surface area (Å²) in [6.07, 6.45) is 9.72. The molecule has 5 nitrogen and oxygen atoms in total. The van der Waals surface area contributed by atoms with Crippen molar-refractivity contribution in [1.29, 1.82) is 0 Å². The zero-order valence-electron chi connectivity index (χ0n) is 14.8. The Balaban J connectivity index is 1.65. The van der Waals surface area contributed by atoms with Gasteiger partial charge in [0.15, 0.2) is 5.17 Å². The first-order valence-corrected chi connectivity index (χ1v) is 10.0. The van der Waals surface area contributed by atoms with E-state index in [-0.39, 0.29) is 11.4 Å². The van der Waals surface area contributed by atoms with Crippen molar-refractivity contribution in [2.45, 2.75) is 57.5 Å². The lowest BCUT2D eigenvalue weighted by molar-refractivity contribution is 0.0999. The molecule has 0 unspecified atom stereocenters. The highest BCUT2D eigenvalue weighted by Crippen LogP contribution is 2.38. The van der Waals surface area contributed by atoms with Gasteiger partial charge in [-0.05, 0) is 38.8 Å². The summed E-state index contributed by atoms with van der Waals surface area (Å²) in [6.45, 7) is 4.52. The Hall–Kier alpha value is -1.82. The molecule has 1 saturated heterocycles. The minimum atomic E-state index is -0.180. The number of H-pyrrole nitrogens is 1. The molecule has 2 fully saturated rings. The van der Waals surface area contributed by atoms with Crippen LogP contribution in [0.25, 0.3) is 11.0 Å². The molecule has 1 aliphatic heterocycles. The summed E-state index contributed by atoms with van der Waals surface area (Å²) < 4.78 is 0. The van der Waals surface area contributed by atoms with Crippen molar-refractivity contribution < 1.29 is 4.79 Å². The molecule has 0 bridgehead atoms. The number of amides is 1. The predicted octanol–water partition coefficient (Wildman–Crippen LogP) is 4.22. The van der Waals surface area contributed by atoms with Gasteiger partial charge >= 0.3 is 0 Å². The summed E-state index contributed by atoms with van der Waals surface area (Å²) in [4.78, 5) is 27.1. The zero-order chi connectivity index (χ0) is 17.4. The lowest BCUT2D eigenvalue weighted by Crippen LogP contribution is -2.49. The summed E-state index contributed by atoms with van der Waals surface area (Å²) in [5.74, 6) is 0.797. The Kier molecular flexibility index (Phi) is 4.31. The quantitative estimate of drug-likeness (QED) is 0.875. The molecular weight excluding hydrogens is 332 g/mol. The number of nitrogens with one attached hydrogen (secondary N) is 1. The number of carbonyl (C=O) groups is 1. The molecular formula is C19H24N4OS. The van der Waals surface area contributed by atoms with Gasteiger partial charge in [-0.1, -0.05) is 31.0 Å². The Morgan fingerprint density at radius 3 is 2.96 bits per heavy atom. The molecule has 6 heteroatoms. The highest BCUT2D eigenvalue weighted by atomic mass is 32.2. The van der Waals surface area contributed by atoms with Crippen LogP contribution in [0.3, 0.4) is 0 Å². The van der Waals surface area contributed by atoms with Gasteiger partial charge in [-0.2, -0.15) is 4.99 Å². The average Bonchev–Trinajstić information content (AvgIpc) is 3.16. The molecule has 25 heavy (non-hydrogen) atoms. The van der Waals surface area contributed by atoms with E-state index in [0.717, 1.165) is 22.0 Å². The van der Waals surface area contributed by atoms with Crippen LogP contribution in [0, 0.1) is 0 Å². The maximum atomic E-state index is 12.8. The molecule has 4 rings (SSSR count). The third kappa shape index (κ3) is 3.08. The van der Waals surface area contributed by atoms with Crippen LogP contribution in [-0.2, 0) is 0 Å². The van der Waals surface area contributed by atoms with Crippen molar-refractivity contribution in [3.63, 3.8) is 0 Å². The van der Waals surface area contributed by atoms with Crippen LogP contribution in [0.2, 0.25) is 0 Å². The normalized spacial score (nSPS) is 22.8. The van der Waals surface area contributed by atoms with Gasteiger partial charge in [0.25, 0.3) is 5.91 Å². The molecule has 132 valence electrons. The van der Waals surface area contributed by atoms with Crippen molar-refractivity contribution >= 4 is 33.9 Å². The fourth-order valence-corrected chi connectivity index (χ4v) is 5.30. The third-order valence-corrected chi connectivity index (χ3v) is 6.63. The monoisotopic (exact) mass is 356 g/mol. The number of pyridine rings is 1. The molecule has 0 spiro atoms. The average molecular weight is 356 g/mol. The standard InChI is InChI=1S/C19H24N4OS/c1-19(2)12-25-18(23(19)13-7-4-3-5-8-13)22-17(24)15-11-21-16-14(15)9-6-10-20-16/h6,9-11,13H,3-5,7-8,12H2,1-2H3,(H,20,21). The second kappa shape index (κ2) is 6.48. The molecule has 1 aliphatic carbocycles. The number of aromatic nitrogens is 2. The maximum Gasteiger partial charge on any atom is 0.281 e. The second-order valence-electron chi connectivity index (χ2n) is 7.56. The lowest BCUT2D eigenvalue weighted by Gasteiger charge is -2.41. The van der Waals surface area contributed by atoms with Crippen LogP contribution in [0.4, 0.5) is 0 Å². The van der Waals surface area contributed by atoms with E-state index in [0.29, 0.717) is 11.6 Å². The number of carbonyl (C=O) groups excluding carboxylic acids is 1. The minimum absolute atomic E-state index is 0.0492. The van der Waals surface area contributed by atoms with Crippen molar-refractivity contribution in [2.24, 2.45) is 4.99 Å². The topological polar surface area (TPSA) is 61.4 Å². The first-order valence-electron chi connectivity index (χ1n) is 9.03. The summed E-state index contributed by atoms with van der Waals surface area (Å²) in [5, 5.41) is 1.73. The van der Waals surface area contributed by atoms with Crippen LogP contribution in [0.1, 0.15) is 56.3 Å². The molecule has 1 saturated carbocycles. The molecule has 2 aliphatic rings. The van der Waals surface area contributed by atoms with Crippen LogP contribution in [0.5, 0.6) is 0 Å². The SMILES string of the molecule is CC1(C)CSC(=NC(=O)c2c[nH]c3ncccc23)N1C1CCCCC1. The van der Waals surface area contributed by atoms with E-state index in [4.69, 9.17) is 0 Å². The van der Waals surface area contributed by atoms with E-state index in [1.54, 1.807) is 24.2 Å². The molecule has 1 N–H and O–H groups in total. The Labute approximate surface area is 152 Å². The summed E-state index contributed by atoms with van der Waals surface area (Å²) >= 11 is 1.71. The zero-order valence-corrected chi connectivity index (χ0v) is 15.6. The van der Waals surface area contributed by atoms with Gasteiger partial charge in [0, 0.05) is 35.1 Å². The third-order valence-electron chi connectivity index (χ3n) is 5.23. The van der Waals surface area contributed by atoms with Gasteiger partial charge in [0.05, 0.1) is 5.56 Å². The summed E-state index contributed by atoms with van der Waals surface area (Å²) in [7, 11) is 0. The predicted molar refractivity (Wildman–Crippen MR) is 103 cm³/mol. The van der Waals surface area contributed by atoms with E-state index in [9.17, 15) is 4.79 Å². The van der Waals surface area contributed by atoms with Crippen LogP contribution >= 0.6 is 11.8 Å². The number of nitrogens with zero attached hydrogens (tertiary/aromatic N) is 3. The second-order valence-corrected chi connectivity index (χ2v) is 8.51. The number of aliphatic imine (C=N–C) groups is 1. The van der Waals surface area contributed by atoms with Crippen molar-refractivity contribution in [3.8, 4) is 0 Å². The number of thioether (sulfide) groups is 1. The molecule has 0 atom stereocenters. The molecule has 2 aromatic heterocycles. The number of fused-ring (bicyclic) bond motifs is 1. The van der Waals surface area contributed by atoms with Gasteiger partial charge in [-0.3, -0.25) is 4.79 Å². The van der Waals surface area contributed by atoms with E-state index in [1.807, 2.05) is 12.1 Å². The Bertz CT molecular complexity index is 820. The highest BCUT2D eigenvalue weighted by Gasteiger charge is 2.41. The first kappa shape index (κ1) is 16.6. The van der Waals surface area contributed by atoms with Crippen LogP contribution < -0.4 is 0 Å². The fraction of sp³-hybridized carbons (Fsp3) is 0.526. The van der Waals surface area contributed by atoms with E-state index < -0.39 is 0 Å². The van der Waals surface area contributed by atoms with Crippen LogP contribution in [0.15, 0.2) is 29.5 Å². The number of hydrogen-bond donors (Lipinski definition) is 1.